The highest BCUT2D eigenvalue weighted by Crippen LogP contribution is 2.00. The molecule has 0 aromatic carbocycles. The van der Waals surface area contributed by atoms with Crippen molar-refractivity contribution in [2.45, 2.75) is 38.0 Å². The molecule has 0 saturated carbocycles. The zero-order valence-electron chi connectivity index (χ0n) is 10.5. The third-order valence-corrected chi connectivity index (χ3v) is 2.92. The first-order valence-electron chi connectivity index (χ1n) is 6.00. The summed E-state index contributed by atoms with van der Waals surface area (Å²) in [5, 5.41) is 12.5. The first-order chi connectivity index (χ1) is 7.57. The fourth-order valence-corrected chi connectivity index (χ4v) is 1.61. The monoisotopic (exact) mass is 249 g/mol. The quantitative estimate of drug-likeness (QED) is 0.255. The molecule has 0 aromatic heterocycles. The molecule has 0 aromatic rings. The number of aliphatic hydroxyl groups is 1. The third-order valence-electron chi connectivity index (χ3n) is 2.50. The Labute approximate surface area is 105 Å². The molecule has 0 radical (unpaired) electrons. The minimum atomic E-state index is -0.626. The topological polar surface area (TPSA) is 61.5 Å². The van der Waals surface area contributed by atoms with Crippen molar-refractivity contribution in [3.05, 3.63) is 0 Å². The molecule has 0 aliphatic carbocycles. The van der Waals surface area contributed by atoms with E-state index >= 15 is 0 Å². The first-order valence-corrected chi connectivity index (χ1v) is 6.63. The second-order valence-corrected chi connectivity index (χ2v) is 4.83. The van der Waals surface area contributed by atoms with Gasteiger partial charge in [-0.2, -0.15) is 12.6 Å². The Bertz CT molecular complexity index is 158. The van der Waals surface area contributed by atoms with Crippen LogP contribution >= 0.6 is 12.6 Å². The van der Waals surface area contributed by atoms with E-state index in [0.29, 0.717) is 5.75 Å². The predicted molar refractivity (Wildman–Crippen MR) is 72.9 cm³/mol. The first kappa shape index (κ1) is 16.2. The molecule has 0 heterocycles. The maximum atomic E-state index is 9.50. The number of nitrogens with one attached hydrogen (secondary N) is 1. The number of hydrogen-bond donors (Lipinski definition) is 4. The van der Waals surface area contributed by atoms with Crippen LogP contribution in [0.2, 0.25) is 0 Å². The van der Waals surface area contributed by atoms with Gasteiger partial charge in [-0.25, -0.2) is 0 Å². The molecular weight excluding hydrogens is 222 g/mol. The van der Waals surface area contributed by atoms with Gasteiger partial charge in [0, 0.05) is 5.75 Å². The van der Waals surface area contributed by atoms with Crippen LogP contribution in [0.15, 0.2) is 0 Å². The second-order valence-electron chi connectivity index (χ2n) is 4.46. The summed E-state index contributed by atoms with van der Waals surface area (Å²) in [6.07, 6.45) is 4.15. The van der Waals surface area contributed by atoms with E-state index in [-0.39, 0.29) is 6.04 Å². The maximum Gasteiger partial charge on any atom is 0.120 e. The van der Waals surface area contributed by atoms with Crippen LogP contribution < -0.4 is 11.1 Å². The van der Waals surface area contributed by atoms with E-state index in [4.69, 9.17) is 5.73 Å². The lowest BCUT2D eigenvalue weighted by molar-refractivity contribution is 0.116. The number of hydrogen-bond acceptors (Lipinski definition) is 5. The van der Waals surface area contributed by atoms with Crippen molar-refractivity contribution in [3.63, 3.8) is 0 Å². The average molecular weight is 249 g/mol. The smallest absolute Gasteiger partial charge is 0.120 e. The van der Waals surface area contributed by atoms with E-state index in [1.807, 2.05) is 0 Å². The van der Waals surface area contributed by atoms with E-state index in [1.54, 1.807) is 0 Å². The Hall–Kier alpha value is 0.190. The molecule has 98 valence electrons. The normalized spacial score (nSPS) is 15.4. The van der Waals surface area contributed by atoms with E-state index in [0.717, 1.165) is 19.5 Å². The molecule has 0 fully saturated rings. The summed E-state index contributed by atoms with van der Waals surface area (Å²) in [6.45, 7) is 1.98. The summed E-state index contributed by atoms with van der Waals surface area (Å²) in [6, 6.07) is -0.280. The number of aliphatic hydroxyl groups excluding tert-OH is 1. The average Bonchev–Trinajstić information content (AvgIpc) is 2.25. The standard InChI is InChI=1S/C11H27N3OS/c1-14(2)8-6-4-3-5-7-13-11(15)10(12)9-16/h10-11,13,15-16H,3-9,12H2,1-2H3. The summed E-state index contributed by atoms with van der Waals surface area (Å²) in [5.41, 5.74) is 5.62. The maximum absolute atomic E-state index is 9.50. The molecule has 4 nitrogen and oxygen atoms in total. The minimum Gasteiger partial charge on any atom is -0.377 e. The van der Waals surface area contributed by atoms with Crippen molar-refractivity contribution in [3.8, 4) is 0 Å². The van der Waals surface area contributed by atoms with Crippen LogP contribution in [0.25, 0.3) is 0 Å². The lowest BCUT2D eigenvalue weighted by Crippen LogP contribution is -2.46. The van der Waals surface area contributed by atoms with E-state index in [9.17, 15) is 5.11 Å². The molecule has 0 aliphatic rings. The third kappa shape index (κ3) is 9.42. The molecule has 0 rings (SSSR count). The van der Waals surface area contributed by atoms with Crippen molar-refractivity contribution in [2.24, 2.45) is 5.73 Å². The Kier molecular flexibility index (Phi) is 10.5. The van der Waals surface area contributed by atoms with Crippen molar-refractivity contribution in [2.75, 3.05) is 32.9 Å². The largest absolute Gasteiger partial charge is 0.377 e. The molecule has 0 bridgehead atoms. The fourth-order valence-electron chi connectivity index (χ4n) is 1.41. The van der Waals surface area contributed by atoms with Gasteiger partial charge >= 0.3 is 0 Å². The minimum absolute atomic E-state index is 0.280. The molecule has 2 unspecified atom stereocenters. The molecule has 2 atom stereocenters. The highest BCUT2D eigenvalue weighted by atomic mass is 32.1. The van der Waals surface area contributed by atoms with Gasteiger partial charge in [0.1, 0.15) is 6.23 Å². The van der Waals surface area contributed by atoms with Crippen LogP contribution in [0.4, 0.5) is 0 Å². The molecule has 4 N–H and O–H groups in total. The summed E-state index contributed by atoms with van der Waals surface area (Å²) in [7, 11) is 4.19. The van der Waals surface area contributed by atoms with Gasteiger partial charge in [0.25, 0.3) is 0 Å². The van der Waals surface area contributed by atoms with Crippen molar-refractivity contribution < 1.29 is 5.11 Å². The molecule has 0 saturated heterocycles. The molecular formula is C11H27N3OS. The van der Waals surface area contributed by atoms with Crippen LogP contribution in [0.3, 0.4) is 0 Å². The number of nitrogens with two attached hydrogens (primary N) is 1. The summed E-state index contributed by atoms with van der Waals surface area (Å²) in [5.74, 6) is 0.497. The Morgan fingerprint density at radius 1 is 1.25 bits per heavy atom. The van der Waals surface area contributed by atoms with Gasteiger partial charge in [0.05, 0.1) is 6.04 Å². The molecule has 5 heteroatoms. The van der Waals surface area contributed by atoms with Gasteiger partial charge in [0.15, 0.2) is 0 Å². The van der Waals surface area contributed by atoms with Crippen LogP contribution in [-0.4, -0.2) is 55.2 Å². The Balaban J connectivity index is 3.20. The number of nitrogens with zero attached hydrogens (tertiary/aromatic N) is 1. The van der Waals surface area contributed by atoms with Crippen molar-refractivity contribution >= 4 is 12.6 Å². The van der Waals surface area contributed by atoms with Gasteiger partial charge < -0.3 is 15.7 Å². The molecule has 0 amide bonds. The summed E-state index contributed by atoms with van der Waals surface area (Å²) < 4.78 is 0. The molecule has 16 heavy (non-hydrogen) atoms. The van der Waals surface area contributed by atoms with Crippen LogP contribution in [0, 0.1) is 0 Å². The van der Waals surface area contributed by atoms with Gasteiger partial charge in [-0.15, -0.1) is 0 Å². The van der Waals surface area contributed by atoms with Crippen LogP contribution in [0.1, 0.15) is 25.7 Å². The lowest BCUT2D eigenvalue weighted by Gasteiger charge is -2.18. The molecule has 0 aliphatic heterocycles. The molecule has 0 spiro atoms. The van der Waals surface area contributed by atoms with E-state index in [2.05, 4.69) is 36.9 Å². The highest BCUT2D eigenvalue weighted by Gasteiger charge is 2.10. The summed E-state index contributed by atoms with van der Waals surface area (Å²) in [4.78, 5) is 2.20. The Morgan fingerprint density at radius 3 is 2.44 bits per heavy atom. The van der Waals surface area contributed by atoms with Crippen LogP contribution in [0.5, 0.6) is 0 Å². The predicted octanol–water partition coefficient (Wildman–Crippen LogP) is 0.274. The number of unbranched alkanes of at least 4 members (excludes halogenated alkanes) is 3. The van der Waals surface area contributed by atoms with Crippen molar-refractivity contribution in [1.82, 2.24) is 10.2 Å². The highest BCUT2D eigenvalue weighted by molar-refractivity contribution is 7.80. The van der Waals surface area contributed by atoms with Gasteiger partial charge in [0.2, 0.25) is 0 Å². The van der Waals surface area contributed by atoms with Gasteiger partial charge in [-0.3, -0.25) is 5.32 Å². The number of rotatable bonds is 10. The fraction of sp³-hybridized carbons (Fsp3) is 1.00. The Morgan fingerprint density at radius 2 is 1.88 bits per heavy atom. The van der Waals surface area contributed by atoms with Crippen LogP contribution in [-0.2, 0) is 0 Å². The van der Waals surface area contributed by atoms with E-state index < -0.39 is 6.23 Å². The number of thiol groups is 1. The second kappa shape index (κ2) is 10.4. The van der Waals surface area contributed by atoms with Crippen molar-refractivity contribution in [1.29, 1.82) is 0 Å². The lowest BCUT2D eigenvalue weighted by atomic mass is 10.2. The van der Waals surface area contributed by atoms with E-state index in [1.165, 1.54) is 19.3 Å². The zero-order chi connectivity index (χ0) is 12.4. The van der Waals surface area contributed by atoms with Gasteiger partial charge in [-0.1, -0.05) is 12.8 Å². The SMILES string of the molecule is CN(C)CCCCCCNC(O)C(N)CS. The van der Waals surface area contributed by atoms with Gasteiger partial charge in [-0.05, 0) is 40.0 Å². The zero-order valence-corrected chi connectivity index (χ0v) is 11.4. The summed E-state index contributed by atoms with van der Waals surface area (Å²) >= 11 is 4.04.